The number of rotatable bonds is 5. The molecule has 24 heavy (non-hydrogen) atoms. The van der Waals surface area contributed by atoms with Gasteiger partial charge in [0, 0.05) is 34.3 Å². The molecule has 1 aromatic heterocycles. The van der Waals surface area contributed by atoms with Gasteiger partial charge in [0.05, 0.1) is 6.10 Å². The number of nitrogens with two attached hydrogens (primary N) is 1. The van der Waals surface area contributed by atoms with Crippen molar-refractivity contribution in [2.45, 2.75) is 60.6 Å². The highest BCUT2D eigenvalue weighted by molar-refractivity contribution is 7.99. The quantitative estimate of drug-likeness (QED) is 0.773. The van der Waals surface area contributed by atoms with Crippen LogP contribution in [0.25, 0.3) is 0 Å². The highest BCUT2D eigenvalue weighted by atomic mass is 32.2. The molecule has 0 spiro atoms. The first kappa shape index (κ1) is 17.2. The van der Waals surface area contributed by atoms with Crippen LogP contribution in [-0.4, -0.2) is 33.3 Å². The average molecular weight is 344 g/mol. The molecule has 0 aliphatic heterocycles. The molecule has 1 heterocycles. The Morgan fingerprint density at radius 2 is 1.88 bits per heavy atom. The van der Waals surface area contributed by atoms with Crippen LogP contribution in [0.4, 0.5) is 5.95 Å². The van der Waals surface area contributed by atoms with Crippen LogP contribution in [-0.2, 0) is 6.42 Å². The van der Waals surface area contributed by atoms with Gasteiger partial charge >= 0.3 is 0 Å². The number of anilines is 1. The maximum absolute atomic E-state index is 9.63. The van der Waals surface area contributed by atoms with Gasteiger partial charge in [-0.2, -0.15) is 0 Å². The van der Waals surface area contributed by atoms with Crippen molar-refractivity contribution in [3.05, 3.63) is 42.2 Å². The summed E-state index contributed by atoms with van der Waals surface area (Å²) < 4.78 is 0. The lowest BCUT2D eigenvalue weighted by atomic mass is 9.89. The van der Waals surface area contributed by atoms with Crippen LogP contribution in [0.2, 0.25) is 0 Å². The SMILES string of the molecule is CCc1ccc(Sc2cnc(NC3CCC(O)CC3N)nc2)cc1. The molecule has 3 atom stereocenters. The highest BCUT2D eigenvalue weighted by Gasteiger charge is 2.27. The van der Waals surface area contributed by atoms with E-state index in [1.165, 1.54) is 10.5 Å². The van der Waals surface area contributed by atoms with E-state index in [0.29, 0.717) is 12.4 Å². The van der Waals surface area contributed by atoms with Crippen molar-refractivity contribution < 1.29 is 5.11 Å². The van der Waals surface area contributed by atoms with Crippen molar-refractivity contribution in [1.29, 1.82) is 0 Å². The fraction of sp³-hybridized carbons (Fsp3) is 0.444. The molecule has 0 saturated heterocycles. The maximum Gasteiger partial charge on any atom is 0.222 e. The molecule has 1 saturated carbocycles. The molecule has 4 N–H and O–H groups in total. The summed E-state index contributed by atoms with van der Waals surface area (Å²) in [6, 6.07) is 8.61. The Kier molecular flexibility index (Phi) is 5.71. The number of aromatic nitrogens is 2. The van der Waals surface area contributed by atoms with Crippen molar-refractivity contribution in [2.75, 3.05) is 5.32 Å². The fourth-order valence-electron chi connectivity index (χ4n) is 2.90. The van der Waals surface area contributed by atoms with Gasteiger partial charge in [-0.05, 0) is 43.4 Å². The monoisotopic (exact) mass is 344 g/mol. The van der Waals surface area contributed by atoms with Gasteiger partial charge in [-0.3, -0.25) is 0 Å². The van der Waals surface area contributed by atoms with Crippen LogP contribution < -0.4 is 11.1 Å². The molecule has 1 aliphatic rings. The fourth-order valence-corrected chi connectivity index (χ4v) is 3.66. The number of hydrogen-bond acceptors (Lipinski definition) is 6. The summed E-state index contributed by atoms with van der Waals surface area (Å²) in [6.07, 6.45) is 6.66. The van der Waals surface area contributed by atoms with E-state index in [4.69, 9.17) is 5.73 Å². The number of aliphatic hydroxyl groups is 1. The Hall–Kier alpha value is -1.63. The van der Waals surface area contributed by atoms with Gasteiger partial charge in [0.2, 0.25) is 5.95 Å². The molecule has 0 radical (unpaired) electrons. The van der Waals surface area contributed by atoms with Crippen molar-refractivity contribution in [1.82, 2.24) is 9.97 Å². The Morgan fingerprint density at radius 3 is 2.50 bits per heavy atom. The molecule has 1 aliphatic carbocycles. The van der Waals surface area contributed by atoms with E-state index >= 15 is 0 Å². The zero-order valence-electron chi connectivity index (χ0n) is 13.9. The molecule has 2 aromatic rings. The van der Waals surface area contributed by atoms with Crippen LogP contribution in [0.3, 0.4) is 0 Å². The lowest BCUT2D eigenvalue weighted by Gasteiger charge is -2.32. The molecular formula is C18H24N4OS. The molecule has 3 unspecified atom stereocenters. The van der Waals surface area contributed by atoms with Crippen LogP contribution >= 0.6 is 11.8 Å². The molecule has 0 amide bonds. The number of nitrogens with zero attached hydrogens (tertiary/aromatic N) is 2. The van der Waals surface area contributed by atoms with Gasteiger partial charge in [-0.15, -0.1) is 0 Å². The third kappa shape index (κ3) is 4.47. The highest BCUT2D eigenvalue weighted by Crippen LogP contribution is 2.27. The van der Waals surface area contributed by atoms with Gasteiger partial charge < -0.3 is 16.2 Å². The number of benzene rings is 1. The summed E-state index contributed by atoms with van der Waals surface area (Å²) in [4.78, 5) is 11.0. The Balaban J connectivity index is 1.58. The van der Waals surface area contributed by atoms with Crippen molar-refractivity contribution in [3.63, 3.8) is 0 Å². The summed E-state index contributed by atoms with van der Waals surface area (Å²) >= 11 is 1.65. The first-order valence-corrected chi connectivity index (χ1v) is 9.24. The molecule has 6 heteroatoms. The lowest BCUT2D eigenvalue weighted by Crippen LogP contribution is -2.46. The summed E-state index contributed by atoms with van der Waals surface area (Å²) in [7, 11) is 0. The van der Waals surface area contributed by atoms with Gasteiger partial charge in [0.25, 0.3) is 0 Å². The van der Waals surface area contributed by atoms with Crippen LogP contribution in [0, 0.1) is 0 Å². The largest absolute Gasteiger partial charge is 0.393 e. The average Bonchev–Trinajstić information content (AvgIpc) is 2.60. The number of aliphatic hydroxyl groups excluding tert-OH is 1. The molecule has 1 aromatic carbocycles. The topological polar surface area (TPSA) is 84.1 Å². The second-order valence-corrected chi connectivity index (χ2v) is 7.37. The van der Waals surface area contributed by atoms with Gasteiger partial charge in [0.15, 0.2) is 0 Å². The van der Waals surface area contributed by atoms with Gasteiger partial charge in [0.1, 0.15) is 0 Å². The van der Waals surface area contributed by atoms with Crippen molar-refractivity contribution in [2.24, 2.45) is 5.73 Å². The number of nitrogens with one attached hydrogen (secondary N) is 1. The maximum atomic E-state index is 9.63. The molecule has 5 nitrogen and oxygen atoms in total. The van der Waals surface area contributed by atoms with E-state index < -0.39 is 0 Å². The van der Waals surface area contributed by atoms with Crippen LogP contribution in [0.1, 0.15) is 31.7 Å². The summed E-state index contributed by atoms with van der Waals surface area (Å²) in [5.41, 5.74) is 7.43. The predicted octanol–water partition coefficient (Wildman–Crippen LogP) is 2.84. The zero-order valence-corrected chi connectivity index (χ0v) is 14.7. The molecule has 3 rings (SSSR count). The number of aryl methyl sites for hydroxylation is 1. The Labute approximate surface area is 147 Å². The predicted molar refractivity (Wildman–Crippen MR) is 97.2 cm³/mol. The van der Waals surface area contributed by atoms with E-state index in [0.717, 1.165) is 24.2 Å². The van der Waals surface area contributed by atoms with Crippen LogP contribution in [0.5, 0.6) is 0 Å². The zero-order chi connectivity index (χ0) is 16.9. The summed E-state index contributed by atoms with van der Waals surface area (Å²) in [5.74, 6) is 0.595. The van der Waals surface area contributed by atoms with Crippen molar-refractivity contribution in [3.8, 4) is 0 Å². The molecule has 0 bridgehead atoms. The van der Waals surface area contributed by atoms with E-state index in [1.807, 2.05) is 12.4 Å². The normalized spacial score (nSPS) is 23.9. The molecule has 1 fully saturated rings. The number of hydrogen-bond donors (Lipinski definition) is 3. The Bertz CT molecular complexity index is 647. The van der Waals surface area contributed by atoms with Gasteiger partial charge in [-0.25, -0.2) is 9.97 Å². The van der Waals surface area contributed by atoms with Crippen molar-refractivity contribution >= 4 is 17.7 Å². The second kappa shape index (κ2) is 7.96. The van der Waals surface area contributed by atoms with E-state index in [2.05, 4.69) is 46.5 Å². The van der Waals surface area contributed by atoms with E-state index in [-0.39, 0.29) is 18.2 Å². The van der Waals surface area contributed by atoms with E-state index in [1.54, 1.807) is 11.8 Å². The lowest BCUT2D eigenvalue weighted by molar-refractivity contribution is 0.115. The smallest absolute Gasteiger partial charge is 0.222 e. The summed E-state index contributed by atoms with van der Waals surface area (Å²) in [6.45, 7) is 2.15. The third-order valence-corrected chi connectivity index (χ3v) is 5.34. The Morgan fingerprint density at radius 1 is 1.17 bits per heavy atom. The third-order valence-electron chi connectivity index (χ3n) is 4.38. The minimum absolute atomic E-state index is 0.0662. The molecule has 128 valence electrons. The standard InChI is InChI=1S/C18H24N4OS/c1-2-12-3-6-14(7-4-12)24-15-10-20-18(21-11-15)22-17-8-5-13(23)9-16(17)19/h3-4,6-7,10-11,13,16-17,23H,2,5,8-9,19H2,1H3,(H,20,21,22). The van der Waals surface area contributed by atoms with Gasteiger partial charge in [-0.1, -0.05) is 30.8 Å². The first-order valence-electron chi connectivity index (χ1n) is 8.43. The second-order valence-electron chi connectivity index (χ2n) is 6.22. The molecular weight excluding hydrogens is 320 g/mol. The minimum Gasteiger partial charge on any atom is -0.393 e. The van der Waals surface area contributed by atoms with E-state index in [9.17, 15) is 5.11 Å². The van der Waals surface area contributed by atoms with Crippen LogP contribution in [0.15, 0.2) is 46.5 Å². The first-order chi connectivity index (χ1) is 11.6. The summed E-state index contributed by atoms with van der Waals surface area (Å²) in [5, 5.41) is 12.9. The minimum atomic E-state index is -0.281.